The first-order chi connectivity index (χ1) is 15.5. The Kier molecular flexibility index (Phi) is 6.22. The van der Waals surface area contributed by atoms with Crippen LogP contribution in [0.2, 0.25) is 0 Å². The van der Waals surface area contributed by atoms with Crippen LogP contribution in [-0.4, -0.2) is 47.9 Å². The largest absolute Gasteiger partial charge is 0.497 e. The fourth-order valence-electron chi connectivity index (χ4n) is 3.45. The number of rotatable bonds is 7. The van der Waals surface area contributed by atoms with Gasteiger partial charge in [-0.15, -0.1) is 11.8 Å². The van der Waals surface area contributed by atoms with Gasteiger partial charge in [0.05, 0.1) is 36.6 Å². The van der Waals surface area contributed by atoms with Gasteiger partial charge in [-0.3, -0.25) is 14.2 Å². The second-order valence-electron chi connectivity index (χ2n) is 6.95. The van der Waals surface area contributed by atoms with Crippen LogP contribution in [0.5, 0.6) is 17.2 Å². The number of carbonyl (C=O) groups excluding carboxylic acids is 2. The van der Waals surface area contributed by atoms with Gasteiger partial charge in [0, 0.05) is 6.07 Å². The summed E-state index contributed by atoms with van der Waals surface area (Å²) in [5.74, 6) is 1.60. The molecule has 0 spiro atoms. The molecule has 3 N–H and O–H groups in total. The number of nitrogens with one attached hydrogen (secondary N) is 1. The molecule has 1 aliphatic heterocycles. The zero-order valence-corrected chi connectivity index (χ0v) is 18.3. The maximum Gasteiger partial charge on any atom is 0.255 e. The number of nitrogens with zero attached hydrogens (tertiary/aromatic N) is 2. The number of thioether (sulfide) groups is 1. The highest BCUT2D eigenvalue weighted by molar-refractivity contribution is 8.00. The van der Waals surface area contributed by atoms with Crippen molar-refractivity contribution in [2.45, 2.75) is 5.25 Å². The second kappa shape index (κ2) is 9.23. The molecule has 2 aromatic carbocycles. The predicted octanol–water partition coefficient (Wildman–Crippen LogP) is 2.53. The highest BCUT2D eigenvalue weighted by Gasteiger charge is 2.30. The number of amides is 2. The minimum Gasteiger partial charge on any atom is -0.497 e. The van der Waals surface area contributed by atoms with Gasteiger partial charge in [0.15, 0.2) is 23.9 Å². The molecule has 3 aromatic rings. The third kappa shape index (κ3) is 4.35. The summed E-state index contributed by atoms with van der Waals surface area (Å²) < 4.78 is 18.2. The molecule has 0 fully saturated rings. The Hall–Kier alpha value is -3.66. The van der Waals surface area contributed by atoms with Crippen molar-refractivity contribution < 1.29 is 23.8 Å². The minimum atomic E-state index is -0.588. The topological polar surface area (TPSA) is 118 Å². The number of primary amides is 1. The van der Waals surface area contributed by atoms with Crippen molar-refractivity contribution in [3.8, 4) is 22.9 Å². The number of imidazole rings is 1. The fraction of sp³-hybridized carbons (Fsp3) is 0.227. The number of ether oxygens (including phenoxy) is 3. The predicted molar refractivity (Wildman–Crippen MR) is 121 cm³/mol. The number of benzene rings is 2. The lowest BCUT2D eigenvalue weighted by molar-refractivity contribution is -0.120. The van der Waals surface area contributed by atoms with Crippen molar-refractivity contribution in [2.75, 3.05) is 31.9 Å². The Balaban J connectivity index is 1.81. The van der Waals surface area contributed by atoms with E-state index in [0.29, 0.717) is 23.1 Å². The van der Waals surface area contributed by atoms with E-state index in [1.54, 1.807) is 25.6 Å². The number of anilines is 1. The van der Waals surface area contributed by atoms with Crippen LogP contribution >= 0.6 is 11.8 Å². The third-order valence-corrected chi connectivity index (χ3v) is 6.14. The number of carbonyl (C=O) groups is 2. The zero-order chi connectivity index (χ0) is 22.7. The van der Waals surface area contributed by atoms with Gasteiger partial charge in [-0.25, -0.2) is 4.98 Å². The van der Waals surface area contributed by atoms with E-state index >= 15 is 0 Å². The van der Waals surface area contributed by atoms with Crippen LogP contribution in [0.1, 0.15) is 16.5 Å². The lowest BCUT2D eigenvalue weighted by Gasteiger charge is -2.20. The van der Waals surface area contributed by atoms with E-state index in [1.165, 1.54) is 18.9 Å². The molecule has 0 aliphatic carbocycles. The second-order valence-corrected chi connectivity index (χ2v) is 8.05. The normalized spacial score (nSPS) is 15.3. The zero-order valence-electron chi connectivity index (χ0n) is 17.5. The molecule has 0 saturated carbocycles. The number of nitrogens with two attached hydrogens (primary N) is 1. The summed E-state index contributed by atoms with van der Waals surface area (Å²) in [4.78, 5) is 28.0. The van der Waals surface area contributed by atoms with Crippen molar-refractivity contribution in [3.05, 3.63) is 60.0 Å². The van der Waals surface area contributed by atoms with Gasteiger partial charge in [-0.05, 0) is 29.8 Å². The molecular weight excluding hydrogens is 432 g/mol. The quantitative estimate of drug-likeness (QED) is 0.563. The molecule has 32 heavy (non-hydrogen) atoms. The van der Waals surface area contributed by atoms with Gasteiger partial charge >= 0.3 is 0 Å². The Morgan fingerprint density at radius 3 is 2.81 bits per heavy atom. The van der Waals surface area contributed by atoms with Crippen LogP contribution in [-0.2, 0) is 9.59 Å². The van der Waals surface area contributed by atoms with Gasteiger partial charge in [-0.2, -0.15) is 0 Å². The van der Waals surface area contributed by atoms with Gasteiger partial charge in [0.1, 0.15) is 12.1 Å². The lowest BCUT2D eigenvalue weighted by atomic mass is 10.1. The molecule has 1 unspecified atom stereocenters. The average Bonchev–Trinajstić information content (AvgIpc) is 3.13. The number of hydrogen-bond donors (Lipinski definition) is 2. The van der Waals surface area contributed by atoms with E-state index in [1.807, 2.05) is 34.9 Å². The molecular formula is C22H22N4O5S. The molecule has 1 atom stereocenters. The SMILES string of the molecule is COc1cccc(-n2cnc3c2C(c2ccc(OC)c(OCC(N)=O)c2)SCC(=O)N3)c1. The summed E-state index contributed by atoms with van der Waals surface area (Å²) in [5, 5.41) is 2.63. The van der Waals surface area contributed by atoms with Crippen LogP contribution in [0.15, 0.2) is 48.8 Å². The summed E-state index contributed by atoms with van der Waals surface area (Å²) >= 11 is 1.47. The van der Waals surface area contributed by atoms with Gasteiger partial charge in [0.2, 0.25) is 5.91 Å². The number of hydrogen-bond acceptors (Lipinski definition) is 7. The van der Waals surface area contributed by atoms with Gasteiger partial charge in [0.25, 0.3) is 5.91 Å². The number of aromatic nitrogens is 2. The van der Waals surface area contributed by atoms with Crippen molar-refractivity contribution >= 4 is 29.4 Å². The van der Waals surface area contributed by atoms with Crippen LogP contribution in [0, 0.1) is 0 Å². The summed E-state index contributed by atoms with van der Waals surface area (Å²) in [6, 6.07) is 13.0. The summed E-state index contributed by atoms with van der Waals surface area (Å²) in [7, 11) is 3.13. The standard InChI is InChI=1S/C22H22N4O5S/c1-29-15-5-3-4-14(9-15)26-12-24-22-20(26)21(32-11-19(28)25-22)13-6-7-16(30-2)17(8-13)31-10-18(23)27/h3-9,12,21H,10-11H2,1-2H3,(H2,23,27)(H,25,28). The van der Waals surface area contributed by atoms with E-state index in [9.17, 15) is 9.59 Å². The minimum absolute atomic E-state index is 0.131. The van der Waals surface area contributed by atoms with Crippen molar-refractivity contribution in [2.24, 2.45) is 5.73 Å². The molecule has 2 amide bonds. The van der Waals surface area contributed by atoms with E-state index in [2.05, 4.69) is 10.3 Å². The molecule has 0 saturated heterocycles. The molecule has 10 heteroatoms. The summed E-state index contributed by atoms with van der Waals surface area (Å²) in [5.41, 5.74) is 7.74. The highest BCUT2D eigenvalue weighted by Crippen LogP contribution is 2.44. The summed E-state index contributed by atoms with van der Waals surface area (Å²) in [6.45, 7) is -0.273. The first-order valence-electron chi connectivity index (χ1n) is 9.72. The Labute approximate surface area is 188 Å². The smallest absolute Gasteiger partial charge is 0.255 e. The van der Waals surface area contributed by atoms with Crippen molar-refractivity contribution in [1.82, 2.24) is 9.55 Å². The third-order valence-electron chi connectivity index (χ3n) is 4.88. The fourth-order valence-corrected chi connectivity index (χ4v) is 4.56. The molecule has 1 aliphatic rings. The number of fused-ring (bicyclic) bond motifs is 1. The van der Waals surface area contributed by atoms with Gasteiger partial charge < -0.3 is 25.3 Å². The molecule has 9 nitrogen and oxygen atoms in total. The highest BCUT2D eigenvalue weighted by atomic mass is 32.2. The molecule has 0 bridgehead atoms. The van der Waals surface area contributed by atoms with Gasteiger partial charge in [-0.1, -0.05) is 12.1 Å². The van der Waals surface area contributed by atoms with Crippen molar-refractivity contribution in [1.29, 1.82) is 0 Å². The van der Waals surface area contributed by atoms with E-state index in [0.717, 1.165) is 16.9 Å². The maximum atomic E-state index is 12.3. The molecule has 1 aromatic heterocycles. The maximum absolute atomic E-state index is 12.3. The monoisotopic (exact) mass is 454 g/mol. The van der Waals surface area contributed by atoms with E-state index in [4.69, 9.17) is 19.9 Å². The first-order valence-corrected chi connectivity index (χ1v) is 10.8. The summed E-state index contributed by atoms with van der Waals surface area (Å²) in [6.07, 6.45) is 1.67. The molecule has 0 radical (unpaired) electrons. The molecule has 2 heterocycles. The Morgan fingerprint density at radius 1 is 1.22 bits per heavy atom. The first kappa shape index (κ1) is 21.6. The molecule has 4 rings (SSSR count). The van der Waals surface area contributed by atoms with E-state index in [-0.39, 0.29) is 23.5 Å². The van der Waals surface area contributed by atoms with Crippen LogP contribution in [0.3, 0.4) is 0 Å². The lowest BCUT2D eigenvalue weighted by Crippen LogP contribution is -2.20. The van der Waals surface area contributed by atoms with E-state index < -0.39 is 5.91 Å². The van der Waals surface area contributed by atoms with Crippen LogP contribution in [0.4, 0.5) is 5.82 Å². The molecule has 166 valence electrons. The Morgan fingerprint density at radius 2 is 2.06 bits per heavy atom. The van der Waals surface area contributed by atoms with Crippen molar-refractivity contribution in [3.63, 3.8) is 0 Å². The van der Waals surface area contributed by atoms with Crippen LogP contribution < -0.4 is 25.3 Å². The average molecular weight is 455 g/mol. The number of methoxy groups -OCH3 is 2. The van der Waals surface area contributed by atoms with Crippen LogP contribution in [0.25, 0.3) is 5.69 Å². The Bertz CT molecular complexity index is 1160.